The third-order valence-corrected chi connectivity index (χ3v) is 2.70. The van der Waals surface area contributed by atoms with Crippen molar-refractivity contribution in [3.8, 4) is 0 Å². The molecule has 1 rings (SSSR count). The van der Waals surface area contributed by atoms with Gasteiger partial charge in [-0.25, -0.2) is 0 Å². The van der Waals surface area contributed by atoms with Gasteiger partial charge in [-0.05, 0) is 32.4 Å². The van der Waals surface area contributed by atoms with Gasteiger partial charge in [-0.15, -0.1) is 0 Å². The van der Waals surface area contributed by atoms with Crippen molar-refractivity contribution in [3.05, 3.63) is 24.0 Å². The molecular formula is C12H18N2O3. The second kappa shape index (κ2) is 5.03. The minimum atomic E-state index is -0.968. The van der Waals surface area contributed by atoms with Gasteiger partial charge in [0, 0.05) is 11.7 Å². The number of hydrogen-bond acceptors (Lipinski definition) is 2. The van der Waals surface area contributed by atoms with Gasteiger partial charge < -0.3 is 15.0 Å². The van der Waals surface area contributed by atoms with E-state index in [1.165, 1.54) is 4.57 Å². The predicted molar refractivity (Wildman–Crippen MR) is 63.9 cm³/mol. The summed E-state index contributed by atoms with van der Waals surface area (Å²) >= 11 is 0. The summed E-state index contributed by atoms with van der Waals surface area (Å²) in [5.74, 6) is -1.21. The Morgan fingerprint density at radius 3 is 2.65 bits per heavy atom. The number of hydrogen-bond donors (Lipinski definition) is 2. The smallest absolute Gasteiger partial charge is 0.323 e. The highest BCUT2D eigenvalue weighted by Gasteiger charge is 2.21. The van der Waals surface area contributed by atoms with Crippen LogP contribution >= 0.6 is 0 Å². The minimum absolute atomic E-state index is 0.206. The summed E-state index contributed by atoms with van der Waals surface area (Å²) < 4.78 is 1.42. The highest BCUT2D eigenvalue weighted by Crippen LogP contribution is 2.10. The minimum Gasteiger partial charge on any atom is -0.480 e. The molecule has 0 unspecified atom stereocenters. The fourth-order valence-corrected chi connectivity index (χ4v) is 1.36. The zero-order valence-electron chi connectivity index (χ0n) is 10.4. The molecule has 0 atom stereocenters. The Morgan fingerprint density at radius 1 is 1.47 bits per heavy atom. The SMILES string of the molecule is CCC(C)(C)NC(=O)c1cccn1CC(=O)O. The number of carboxylic acids is 1. The van der Waals surface area contributed by atoms with Gasteiger partial charge in [-0.3, -0.25) is 9.59 Å². The summed E-state index contributed by atoms with van der Waals surface area (Å²) in [6.45, 7) is 5.63. The van der Waals surface area contributed by atoms with E-state index < -0.39 is 5.97 Å². The molecule has 1 aromatic heterocycles. The molecule has 5 heteroatoms. The van der Waals surface area contributed by atoms with E-state index in [2.05, 4.69) is 5.32 Å². The molecule has 1 aromatic rings. The summed E-state index contributed by atoms with van der Waals surface area (Å²) in [5, 5.41) is 11.6. The normalized spacial score (nSPS) is 11.2. The van der Waals surface area contributed by atoms with Crippen LogP contribution in [0.5, 0.6) is 0 Å². The van der Waals surface area contributed by atoms with Gasteiger partial charge in [-0.2, -0.15) is 0 Å². The van der Waals surface area contributed by atoms with Crippen LogP contribution in [-0.4, -0.2) is 27.1 Å². The van der Waals surface area contributed by atoms with Gasteiger partial charge in [0.1, 0.15) is 12.2 Å². The Balaban J connectivity index is 2.82. The number of carboxylic acid groups (broad SMARTS) is 1. The van der Waals surface area contributed by atoms with Crippen LogP contribution in [0.3, 0.4) is 0 Å². The molecule has 0 spiro atoms. The summed E-state index contributed by atoms with van der Waals surface area (Å²) in [6.07, 6.45) is 2.39. The van der Waals surface area contributed by atoms with Gasteiger partial charge in [0.05, 0.1) is 0 Å². The Hall–Kier alpha value is -1.78. The van der Waals surface area contributed by atoms with Crippen LogP contribution in [0.4, 0.5) is 0 Å². The van der Waals surface area contributed by atoms with Gasteiger partial charge >= 0.3 is 5.97 Å². The number of carbonyl (C=O) groups is 2. The molecule has 0 fully saturated rings. The molecule has 0 aromatic carbocycles. The molecule has 0 aliphatic carbocycles. The topological polar surface area (TPSA) is 71.3 Å². The van der Waals surface area contributed by atoms with E-state index >= 15 is 0 Å². The highest BCUT2D eigenvalue weighted by molar-refractivity contribution is 5.93. The summed E-state index contributed by atoms with van der Waals surface area (Å²) in [5.41, 5.74) is 0.0732. The molecule has 0 aliphatic heterocycles. The molecule has 0 radical (unpaired) electrons. The van der Waals surface area contributed by atoms with Crippen LogP contribution in [0.25, 0.3) is 0 Å². The fraction of sp³-hybridized carbons (Fsp3) is 0.500. The molecule has 0 aliphatic rings. The zero-order chi connectivity index (χ0) is 13.1. The van der Waals surface area contributed by atoms with E-state index in [0.29, 0.717) is 5.69 Å². The number of aliphatic carboxylic acids is 1. The van der Waals surface area contributed by atoms with Crippen molar-refractivity contribution in [2.45, 2.75) is 39.3 Å². The molecule has 2 N–H and O–H groups in total. The largest absolute Gasteiger partial charge is 0.480 e. The van der Waals surface area contributed by atoms with Crippen LogP contribution in [0, 0.1) is 0 Å². The molecule has 1 amide bonds. The van der Waals surface area contributed by atoms with Gasteiger partial charge in [-0.1, -0.05) is 6.92 Å². The molecule has 17 heavy (non-hydrogen) atoms. The number of amides is 1. The monoisotopic (exact) mass is 238 g/mol. The van der Waals surface area contributed by atoms with E-state index in [-0.39, 0.29) is 18.0 Å². The van der Waals surface area contributed by atoms with Crippen LogP contribution in [-0.2, 0) is 11.3 Å². The lowest BCUT2D eigenvalue weighted by atomic mass is 10.0. The van der Waals surface area contributed by atoms with Crippen LogP contribution in [0.1, 0.15) is 37.7 Å². The standard InChI is InChI=1S/C12H18N2O3/c1-4-12(2,3)13-11(17)9-6-5-7-14(9)8-10(15)16/h5-7H,4,8H2,1-3H3,(H,13,17)(H,15,16). The first kappa shape index (κ1) is 13.3. The maximum absolute atomic E-state index is 12.0. The van der Waals surface area contributed by atoms with Crippen molar-refractivity contribution in [2.24, 2.45) is 0 Å². The molecule has 0 saturated carbocycles. The van der Waals surface area contributed by atoms with Crippen molar-refractivity contribution in [2.75, 3.05) is 0 Å². The zero-order valence-corrected chi connectivity index (χ0v) is 10.4. The van der Waals surface area contributed by atoms with Crippen LogP contribution in [0.15, 0.2) is 18.3 Å². The first-order chi connectivity index (χ1) is 7.85. The highest BCUT2D eigenvalue weighted by atomic mass is 16.4. The molecule has 5 nitrogen and oxygen atoms in total. The van der Waals surface area contributed by atoms with E-state index in [1.54, 1.807) is 18.3 Å². The third kappa shape index (κ3) is 3.62. The first-order valence-corrected chi connectivity index (χ1v) is 5.55. The summed E-state index contributed by atoms with van der Waals surface area (Å²) in [6, 6.07) is 3.28. The predicted octanol–water partition coefficient (Wildman–Crippen LogP) is 1.49. The maximum atomic E-state index is 12.0. The lowest BCUT2D eigenvalue weighted by molar-refractivity contribution is -0.137. The number of aromatic nitrogens is 1. The molecule has 0 saturated heterocycles. The summed E-state index contributed by atoms with van der Waals surface area (Å²) in [4.78, 5) is 22.6. The van der Waals surface area contributed by atoms with Gasteiger partial charge in [0.2, 0.25) is 0 Å². The van der Waals surface area contributed by atoms with Crippen molar-refractivity contribution in [3.63, 3.8) is 0 Å². The van der Waals surface area contributed by atoms with Gasteiger partial charge in [0.15, 0.2) is 0 Å². The van der Waals surface area contributed by atoms with E-state index in [9.17, 15) is 9.59 Å². The first-order valence-electron chi connectivity index (χ1n) is 5.55. The molecule has 1 heterocycles. The molecule has 94 valence electrons. The number of rotatable bonds is 5. The lowest BCUT2D eigenvalue weighted by Gasteiger charge is -2.24. The average molecular weight is 238 g/mol. The van der Waals surface area contributed by atoms with Crippen molar-refractivity contribution in [1.29, 1.82) is 0 Å². The van der Waals surface area contributed by atoms with Crippen LogP contribution < -0.4 is 5.32 Å². The van der Waals surface area contributed by atoms with E-state index in [4.69, 9.17) is 5.11 Å². The maximum Gasteiger partial charge on any atom is 0.323 e. The van der Waals surface area contributed by atoms with Crippen LogP contribution in [0.2, 0.25) is 0 Å². The lowest BCUT2D eigenvalue weighted by Crippen LogP contribution is -2.43. The Bertz CT molecular complexity index is 421. The second-order valence-corrected chi connectivity index (χ2v) is 4.61. The second-order valence-electron chi connectivity index (χ2n) is 4.61. The van der Waals surface area contributed by atoms with E-state index in [0.717, 1.165) is 6.42 Å². The molecule has 0 bridgehead atoms. The summed E-state index contributed by atoms with van der Waals surface area (Å²) in [7, 11) is 0. The van der Waals surface area contributed by atoms with Gasteiger partial charge in [0.25, 0.3) is 5.91 Å². The van der Waals surface area contributed by atoms with E-state index in [1.807, 2.05) is 20.8 Å². The van der Waals surface area contributed by atoms with Crippen molar-refractivity contribution in [1.82, 2.24) is 9.88 Å². The quantitative estimate of drug-likeness (QED) is 0.816. The van der Waals surface area contributed by atoms with Crippen molar-refractivity contribution >= 4 is 11.9 Å². The third-order valence-electron chi connectivity index (χ3n) is 2.70. The fourth-order valence-electron chi connectivity index (χ4n) is 1.36. The number of nitrogens with one attached hydrogen (secondary N) is 1. The number of nitrogens with zero attached hydrogens (tertiary/aromatic N) is 1. The Kier molecular flexibility index (Phi) is 3.93. The average Bonchev–Trinajstić information content (AvgIpc) is 2.64. The Labute approximate surface area is 100 Å². The number of carbonyl (C=O) groups excluding carboxylic acids is 1. The van der Waals surface area contributed by atoms with Crippen molar-refractivity contribution < 1.29 is 14.7 Å². The molecular weight excluding hydrogens is 220 g/mol. The Morgan fingerprint density at radius 2 is 2.12 bits per heavy atom.